The maximum Gasteiger partial charge on any atom is 0.0514 e. The Bertz CT molecular complexity index is 81.9. The van der Waals surface area contributed by atoms with Gasteiger partial charge >= 0.3 is 0 Å². The van der Waals surface area contributed by atoms with Crippen LogP contribution in [0.3, 0.4) is 0 Å². The van der Waals surface area contributed by atoms with E-state index in [1.54, 1.807) is 0 Å². The zero-order chi connectivity index (χ0) is 9.23. The minimum Gasteiger partial charge on any atom is -0.308 e. The molecule has 0 saturated carbocycles. The van der Waals surface area contributed by atoms with Crippen LogP contribution in [0, 0.1) is 0 Å². The molecule has 0 atom stereocenters. The van der Waals surface area contributed by atoms with Crippen LogP contribution in [0.25, 0.3) is 0 Å². The lowest BCUT2D eigenvalue weighted by atomic mass is 10.7. The van der Waals surface area contributed by atoms with Crippen molar-refractivity contribution < 1.29 is 0 Å². The average molecular weight is 175 g/mol. The highest BCUT2D eigenvalue weighted by molar-refractivity contribution is 4.50. The maximum absolute atomic E-state index is 3.24. The van der Waals surface area contributed by atoms with Crippen molar-refractivity contribution in [3.63, 3.8) is 0 Å². The van der Waals surface area contributed by atoms with Gasteiger partial charge in [-0.3, -0.25) is 10.2 Å². The zero-order valence-corrected chi connectivity index (χ0v) is 8.28. The second kappa shape index (κ2) is 8.89. The third-order valence-corrected chi connectivity index (χ3v) is 1.40. The highest BCUT2D eigenvalue weighted by Crippen LogP contribution is 1.77. The van der Waals surface area contributed by atoms with Gasteiger partial charge in [0.25, 0.3) is 0 Å². The van der Waals surface area contributed by atoms with E-state index in [0.29, 0.717) is 0 Å². The van der Waals surface area contributed by atoms with Gasteiger partial charge in [-0.1, -0.05) is 0 Å². The van der Waals surface area contributed by atoms with Gasteiger partial charge in [0.15, 0.2) is 0 Å². The first kappa shape index (κ1) is 11.8. The molecule has 0 aromatic carbocycles. The topological polar surface area (TPSA) is 51.4 Å². The lowest BCUT2D eigenvalue weighted by molar-refractivity contribution is 0.228. The number of rotatable bonds is 8. The van der Waals surface area contributed by atoms with Crippen LogP contribution in [0.15, 0.2) is 0 Å². The molecule has 0 heterocycles. The monoisotopic (exact) mass is 175 g/mol. The average Bonchev–Trinajstić information content (AvgIpc) is 2.06. The Morgan fingerprint density at radius 1 is 0.833 bits per heavy atom. The van der Waals surface area contributed by atoms with Crippen LogP contribution in [0.5, 0.6) is 0 Å². The van der Waals surface area contributed by atoms with E-state index in [1.165, 1.54) is 0 Å². The third kappa shape index (κ3) is 6.51. The van der Waals surface area contributed by atoms with Gasteiger partial charge in [0.05, 0.1) is 20.0 Å². The summed E-state index contributed by atoms with van der Waals surface area (Å²) >= 11 is 0. The molecule has 0 aromatic heterocycles. The van der Waals surface area contributed by atoms with Gasteiger partial charge in [0.2, 0.25) is 0 Å². The number of hydrogen-bond acceptors (Lipinski definition) is 5. The van der Waals surface area contributed by atoms with Gasteiger partial charge in [0.1, 0.15) is 0 Å². The van der Waals surface area contributed by atoms with E-state index < -0.39 is 0 Å². The van der Waals surface area contributed by atoms with Crippen molar-refractivity contribution in [1.29, 1.82) is 0 Å². The molecule has 0 bridgehead atoms. The molecule has 0 rings (SSSR count). The summed E-state index contributed by atoms with van der Waals surface area (Å²) < 4.78 is 0. The highest BCUT2D eigenvalue weighted by Gasteiger charge is 1.98. The van der Waals surface area contributed by atoms with Crippen LogP contribution >= 0.6 is 0 Å². The molecule has 0 spiro atoms. The Kier molecular flexibility index (Phi) is 8.74. The van der Waals surface area contributed by atoms with E-state index in [1.807, 2.05) is 21.1 Å². The molecule has 0 radical (unpaired) electrons. The minimum atomic E-state index is 0.837. The molecule has 12 heavy (non-hydrogen) atoms. The normalized spacial score (nSPS) is 11.0. The van der Waals surface area contributed by atoms with E-state index in [9.17, 15) is 0 Å². The Labute approximate surface area is 74.9 Å². The second-order valence-electron chi connectivity index (χ2n) is 2.63. The SMILES string of the molecule is CNCNCN(CNC)CNC. The molecule has 0 saturated heterocycles. The summed E-state index contributed by atoms with van der Waals surface area (Å²) in [5.41, 5.74) is 0. The van der Waals surface area contributed by atoms with E-state index in [4.69, 9.17) is 0 Å². The Balaban J connectivity index is 3.34. The van der Waals surface area contributed by atoms with E-state index in [-0.39, 0.29) is 0 Å². The molecule has 0 fully saturated rings. The first-order chi connectivity index (χ1) is 5.85. The summed E-state index contributed by atoms with van der Waals surface area (Å²) in [5, 5.41) is 12.5. The van der Waals surface area contributed by atoms with Crippen LogP contribution < -0.4 is 21.3 Å². The number of nitrogens with one attached hydrogen (secondary N) is 4. The molecule has 0 aromatic rings. The molecule has 0 aliphatic carbocycles. The number of hydrogen-bond donors (Lipinski definition) is 4. The molecule has 0 aliphatic rings. The van der Waals surface area contributed by atoms with Gasteiger partial charge < -0.3 is 16.0 Å². The Morgan fingerprint density at radius 3 is 1.83 bits per heavy atom. The van der Waals surface area contributed by atoms with Crippen LogP contribution in [-0.4, -0.2) is 52.7 Å². The predicted molar refractivity (Wildman–Crippen MR) is 51.6 cm³/mol. The summed E-state index contributed by atoms with van der Waals surface area (Å²) in [6.07, 6.45) is 0. The molecular formula is C7H21N5. The first-order valence-corrected chi connectivity index (χ1v) is 4.22. The van der Waals surface area contributed by atoms with Gasteiger partial charge in [-0.25, -0.2) is 0 Å². The molecule has 5 nitrogen and oxygen atoms in total. The van der Waals surface area contributed by atoms with Crippen molar-refractivity contribution in [2.45, 2.75) is 0 Å². The molecule has 0 amide bonds. The quantitative estimate of drug-likeness (QED) is 0.263. The van der Waals surface area contributed by atoms with Crippen LogP contribution in [0.2, 0.25) is 0 Å². The second-order valence-corrected chi connectivity index (χ2v) is 2.63. The fourth-order valence-corrected chi connectivity index (χ4v) is 0.954. The zero-order valence-electron chi connectivity index (χ0n) is 8.28. The third-order valence-electron chi connectivity index (χ3n) is 1.40. The Hall–Kier alpha value is -0.200. The summed E-state index contributed by atoms with van der Waals surface area (Å²) in [7, 11) is 5.81. The Morgan fingerprint density at radius 2 is 1.42 bits per heavy atom. The van der Waals surface area contributed by atoms with Gasteiger partial charge in [-0.2, -0.15) is 0 Å². The largest absolute Gasteiger partial charge is 0.308 e. The smallest absolute Gasteiger partial charge is 0.0514 e. The summed E-state index contributed by atoms with van der Waals surface area (Å²) in [6, 6.07) is 0. The van der Waals surface area contributed by atoms with Crippen molar-refractivity contribution >= 4 is 0 Å². The molecule has 4 N–H and O–H groups in total. The van der Waals surface area contributed by atoms with E-state index in [0.717, 1.165) is 26.7 Å². The molecule has 74 valence electrons. The summed E-state index contributed by atoms with van der Waals surface area (Å²) in [6.45, 7) is 3.49. The minimum absolute atomic E-state index is 0.837. The van der Waals surface area contributed by atoms with Gasteiger partial charge in [0, 0.05) is 6.67 Å². The molecule has 5 heteroatoms. The van der Waals surface area contributed by atoms with Gasteiger partial charge in [-0.15, -0.1) is 0 Å². The van der Waals surface area contributed by atoms with E-state index in [2.05, 4.69) is 26.2 Å². The van der Waals surface area contributed by atoms with Crippen molar-refractivity contribution in [1.82, 2.24) is 26.2 Å². The molecular weight excluding hydrogens is 154 g/mol. The maximum atomic E-state index is 3.24. The molecule has 0 unspecified atom stereocenters. The van der Waals surface area contributed by atoms with Crippen molar-refractivity contribution in [3.8, 4) is 0 Å². The fourth-order valence-electron chi connectivity index (χ4n) is 0.954. The lowest BCUT2D eigenvalue weighted by Crippen LogP contribution is -2.45. The van der Waals surface area contributed by atoms with E-state index >= 15 is 0 Å². The highest BCUT2D eigenvalue weighted by atomic mass is 15.3. The van der Waals surface area contributed by atoms with Crippen LogP contribution in [0.1, 0.15) is 0 Å². The van der Waals surface area contributed by atoms with Crippen molar-refractivity contribution in [2.75, 3.05) is 47.8 Å². The predicted octanol–water partition coefficient (Wildman–Crippen LogP) is -1.63. The lowest BCUT2D eigenvalue weighted by Gasteiger charge is -2.21. The first-order valence-electron chi connectivity index (χ1n) is 4.22. The van der Waals surface area contributed by atoms with Crippen molar-refractivity contribution in [2.24, 2.45) is 0 Å². The van der Waals surface area contributed by atoms with Crippen LogP contribution in [0.4, 0.5) is 0 Å². The molecule has 0 aliphatic heterocycles. The van der Waals surface area contributed by atoms with Gasteiger partial charge in [-0.05, 0) is 21.1 Å². The number of nitrogens with zero attached hydrogens (tertiary/aromatic N) is 1. The van der Waals surface area contributed by atoms with Crippen LogP contribution in [-0.2, 0) is 0 Å². The fraction of sp³-hybridized carbons (Fsp3) is 1.00. The summed E-state index contributed by atoms with van der Waals surface area (Å²) in [4.78, 5) is 2.22. The standard InChI is InChI=1S/C7H21N5/c1-8-4-11-7-12(5-9-2)6-10-3/h8-11H,4-7H2,1-3H3. The van der Waals surface area contributed by atoms with Crippen molar-refractivity contribution in [3.05, 3.63) is 0 Å². The summed E-state index contributed by atoms with van der Waals surface area (Å²) in [5.74, 6) is 0.